The van der Waals surface area contributed by atoms with Crippen LogP contribution in [-0.2, 0) is 16.1 Å². The number of carbonyl (C=O) groups is 2. The smallest absolute Gasteiger partial charge is 0.305 e. The van der Waals surface area contributed by atoms with Gasteiger partial charge in [-0.05, 0) is 25.0 Å². The van der Waals surface area contributed by atoms with Crippen LogP contribution in [0.25, 0.3) is 0 Å². The predicted octanol–water partition coefficient (Wildman–Crippen LogP) is 0.870. The molecule has 0 radical (unpaired) electrons. The maximum absolute atomic E-state index is 11.7. The van der Waals surface area contributed by atoms with E-state index in [1.165, 1.54) is 4.90 Å². The summed E-state index contributed by atoms with van der Waals surface area (Å²) in [5.74, 6) is -1.03. The Morgan fingerprint density at radius 3 is 2.65 bits per heavy atom. The van der Waals surface area contributed by atoms with E-state index in [-0.39, 0.29) is 24.4 Å². The monoisotopic (exact) mass is 280 g/mol. The zero-order valence-corrected chi connectivity index (χ0v) is 11.8. The molecule has 0 aliphatic heterocycles. The molecule has 1 heterocycles. The maximum Gasteiger partial charge on any atom is 0.305 e. The van der Waals surface area contributed by atoms with Crippen molar-refractivity contribution in [2.24, 2.45) is 0 Å². The molecule has 0 aromatic carbocycles. The molecule has 1 rings (SSSR count). The predicted molar refractivity (Wildman–Crippen MR) is 74.6 cm³/mol. The molecule has 0 saturated carbocycles. The third-order valence-corrected chi connectivity index (χ3v) is 3.03. The van der Waals surface area contributed by atoms with E-state index in [0.717, 1.165) is 5.56 Å². The van der Waals surface area contributed by atoms with Crippen molar-refractivity contribution >= 4 is 11.9 Å². The summed E-state index contributed by atoms with van der Waals surface area (Å²) in [6, 6.07) is 3.41. The van der Waals surface area contributed by atoms with E-state index in [9.17, 15) is 14.4 Å². The second-order valence-electron chi connectivity index (χ2n) is 4.80. The van der Waals surface area contributed by atoms with Gasteiger partial charge in [-0.2, -0.15) is 0 Å². The molecule has 6 heteroatoms. The van der Waals surface area contributed by atoms with Gasteiger partial charge < -0.3 is 14.6 Å². The van der Waals surface area contributed by atoms with E-state index in [4.69, 9.17) is 5.11 Å². The van der Waals surface area contributed by atoms with Crippen LogP contribution < -0.4 is 5.56 Å². The van der Waals surface area contributed by atoms with Crippen LogP contribution in [0.2, 0.25) is 0 Å². The fourth-order valence-corrected chi connectivity index (χ4v) is 1.77. The summed E-state index contributed by atoms with van der Waals surface area (Å²) in [5.41, 5.74) is 0.840. The van der Waals surface area contributed by atoms with Gasteiger partial charge in [0.25, 0.3) is 5.56 Å². The van der Waals surface area contributed by atoms with E-state index in [0.29, 0.717) is 19.4 Å². The summed E-state index contributed by atoms with van der Waals surface area (Å²) in [4.78, 5) is 35.2. The number of aromatic nitrogens is 1. The first-order valence-corrected chi connectivity index (χ1v) is 6.53. The SMILES string of the molecule is Cc1ccn(CCCC(=O)N(C)CCC(=O)O)c(=O)c1. The second kappa shape index (κ2) is 7.47. The number of hydrogen-bond donors (Lipinski definition) is 1. The summed E-state index contributed by atoms with van der Waals surface area (Å²) in [6.07, 6.45) is 2.52. The van der Waals surface area contributed by atoms with Crippen LogP contribution in [0.1, 0.15) is 24.8 Å². The Bertz CT molecular complexity index is 536. The average Bonchev–Trinajstić information content (AvgIpc) is 2.38. The van der Waals surface area contributed by atoms with Crippen LogP contribution in [0.3, 0.4) is 0 Å². The molecule has 6 nitrogen and oxygen atoms in total. The molecule has 0 aliphatic carbocycles. The third kappa shape index (κ3) is 5.26. The van der Waals surface area contributed by atoms with E-state index in [2.05, 4.69) is 0 Å². The molecule has 1 N–H and O–H groups in total. The minimum Gasteiger partial charge on any atom is -0.481 e. The molecule has 110 valence electrons. The first kappa shape index (κ1) is 15.9. The van der Waals surface area contributed by atoms with Gasteiger partial charge in [0.05, 0.1) is 6.42 Å². The van der Waals surface area contributed by atoms with Gasteiger partial charge in [0, 0.05) is 38.8 Å². The van der Waals surface area contributed by atoms with Crippen molar-refractivity contribution in [2.45, 2.75) is 32.7 Å². The highest BCUT2D eigenvalue weighted by molar-refractivity contribution is 5.76. The number of aliphatic carboxylic acids is 1. The Labute approximate surface area is 117 Å². The van der Waals surface area contributed by atoms with Crippen LogP contribution in [0, 0.1) is 6.92 Å². The molecule has 0 saturated heterocycles. The Balaban J connectivity index is 2.38. The molecule has 0 aliphatic rings. The largest absolute Gasteiger partial charge is 0.481 e. The fourth-order valence-electron chi connectivity index (χ4n) is 1.77. The number of hydrogen-bond acceptors (Lipinski definition) is 3. The Kier molecular flexibility index (Phi) is 5.96. The van der Waals surface area contributed by atoms with Gasteiger partial charge in [-0.15, -0.1) is 0 Å². The van der Waals surface area contributed by atoms with E-state index >= 15 is 0 Å². The van der Waals surface area contributed by atoms with Crippen LogP contribution in [0.5, 0.6) is 0 Å². The lowest BCUT2D eigenvalue weighted by atomic mass is 10.2. The zero-order chi connectivity index (χ0) is 15.1. The van der Waals surface area contributed by atoms with Crippen molar-refractivity contribution in [1.29, 1.82) is 0 Å². The standard InChI is InChI=1S/C14H20N2O4/c1-11-5-9-16(13(18)10-11)7-3-4-12(17)15(2)8-6-14(19)20/h5,9-10H,3-4,6-8H2,1-2H3,(H,19,20). The first-order chi connectivity index (χ1) is 9.40. The summed E-state index contributed by atoms with van der Waals surface area (Å²) in [5, 5.41) is 8.55. The van der Waals surface area contributed by atoms with Gasteiger partial charge in [0.2, 0.25) is 5.91 Å². The third-order valence-electron chi connectivity index (χ3n) is 3.03. The van der Waals surface area contributed by atoms with E-state index in [1.807, 2.05) is 13.0 Å². The number of carbonyl (C=O) groups excluding carboxylic acids is 1. The number of amides is 1. The molecule has 1 aromatic rings. The van der Waals surface area contributed by atoms with Crippen molar-refractivity contribution in [3.63, 3.8) is 0 Å². The van der Waals surface area contributed by atoms with Crippen LogP contribution >= 0.6 is 0 Å². The van der Waals surface area contributed by atoms with E-state index in [1.54, 1.807) is 23.9 Å². The van der Waals surface area contributed by atoms with Gasteiger partial charge in [0.15, 0.2) is 0 Å². The molecule has 0 spiro atoms. The minimum atomic E-state index is -0.921. The first-order valence-electron chi connectivity index (χ1n) is 6.53. The molecule has 0 atom stereocenters. The molecule has 0 bridgehead atoms. The molecule has 0 fully saturated rings. The number of pyridine rings is 1. The number of carboxylic acid groups (broad SMARTS) is 1. The average molecular weight is 280 g/mol. The fraction of sp³-hybridized carbons (Fsp3) is 0.500. The van der Waals surface area contributed by atoms with Crippen molar-refractivity contribution in [3.05, 3.63) is 34.2 Å². The van der Waals surface area contributed by atoms with E-state index < -0.39 is 5.97 Å². The van der Waals surface area contributed by atoms with Crippen molar-refractivity contribution in [2.75, 3.05) is 13.6 Å². The molecule has 20 heavy (non-hydrogen) atoms. The highest BCUT2D eigenvalue weighted by Gasteiger charge is 2.10. The number of carboxylic acids is 1. The lowest BCUT2D eigenvalue weighted by Gasteiger charge is -2.16. The van der Waals surface area contributed by atoms with Gasteiger partial charge in [-0.25, -0.2) is 0 Å². The molecule has 0 unspecified atom stereocenters. The van der Waals surface area contributed by atoms with Crippen molar-refractivity contribution in [1.82, 2.24) is 9.47 Å². The molecular formula is C14H20N2O4. The molecule has 1 aromatic heterocycles. The minimum absolute atomic E-state index is 0.0559. The maximum atomic E-state index is 11.7. The summed E-state index contributed by atoms with van der Waals surface area (Å²) in [6.45, 7) is 2.54. The summed E-state index contributed by atoms with van der Waals surface area (Å²) in [7, 11) is 1.59. The molecule has 1 amide bonds. The van der Waals surface area contributed by atoms with Crippen LogP contribution in [-0.4, -0.2) is 40.0 Å². The van der Waals surface area contributed by atoms with Crippen molar-refractivity contribution < 1.29 is 14.7 Å². The number of aryl methyl sites for hydroxylation is 2. The van der Waals surface area contributed by atoms with Gasteiger partial charge in [0.1, 0.15) is 0 Å². The van der Waals surface area contributed by atoms with Crippen LogP contribution in [0.15, 0.2) is 23.1 Å². The highest BCUT2D eigenvalue weighted by atomic mass is 16.4. The Morgan fingerprint density at radius 2 is 2.05 bits per heavy atom. The van der Waals surface area contributed by atoms with Gasteiger partial charge in [-0.3, -0.25) is 14.4 Å². The quantitative estimate of drug-likeness (QED) is 0.803. The highest BCUT2D eigenvalue weighted by Crippen LogP contribution is 2.00. The van der Waals surface area contributed by atoms with Gasteiger partial charge >= 0.3 is 5.97 Å². The van der Waals surface area contributed by atoms with Crippen LogP contribution in [0.4, 0.5) is 0 Å². The summed E-state index contributed by atoms with van der Waals surface area (Å²) < 4.78 is 1.57. The summed E-state index contributed by atoms with van der Waals surface area (Å²) >= 11 is 0. The topological polar surface area (TPSA) is 79.6 Å². The lowest BCUT2D eigenvalue weighted by Crippen LogP contribution is -2.29. The Hall–Kier alpha value is -2.11. The molecular weight excluding hydrogens is 260 g/mol. The normalized spacial score (nSPS) is 10.3. The second-order valence-corrected chi connectivity index (χ2v) is 4.80. The lowest BCUT2D eigenvalue weighted by molar-refractivity contribution is -0.138. The Morgan fingerprint density at radius 1 is 1.35 bits per heavy atom. The van der Waals surface area contributed by atoms with Crippen molar-refractivity contribution in [3.8, 4) is 0 Å². The van der Waals surface area contributed by atoms with Gasteiger partial charge in [-0.1, -0.05) is 0 Å². The number of nitrogens with zero attached hydrogens (tertiary/aromatic N) is 2. The zero-order valence-electron chi connectivity index (χ0n) is 11.8. The number of rotatable bonds is 7.